The topological polar surface area (TPSA) is 87.3 Å². The van der Waals surface area contributed by atoms with E-state index in [0.29, 0.717) is 0 Å². The molecule has 1 unspecified atom stereocenters. The number of hydrogen-bond acceptors (Lipinski definition) is 4. The van der Waals surface area contributed by atoms with Gasteiger partial charge in [-0.25, -0.2) is 13.1 Å². The quantitative estimate of drug-likeness (QED) is 0.694. The van der Waals surface area contributed by atoms with Gasteiger partial charge in [-0.05, 0) is 45.5 Å². The first-order valence-corrected chi connectivity index (χ1v) is 8.31. The summed E-state index contributed by atoms with van der Waals surface area (Å²) in [6.45, 7) is 5.30. The summed E-state index contributed by atoms with van der Waals surface area (Å²) < 4.78 is 26.7. The molecule has 0 aliphatic heterocycles. The van der Waals surface area contributed by atoms with E-state index in [2.05, 4.69) is 15.4 Å². The van der Waals surface area contributed by atoms with Gasteiger partial charge in [0, 0.05) is 12.1 Å². The van der Waals surface area contributed by atoms with Crippen molar-refractivity contribution in [2.24, 2.45) is 0 Å². The Morgan fingerprint density at radius 2 is 1.90 bits per heavy atom. The van der Waals surface area contributed by atoms with Crippen LogP contribution in [0.1, 0.15) is 32.4 Å². The number of sulfonamides is 1. The zero-order valence-electron chi connectivity index (χ0n) is 12.8. The van der Waals surface area contributed by atoms with Gasteiger partial charge in [-0.2, -0.15) is 0 Å². The first-order valence-electron chi connectivity index (χ1n) is 6.82. The second-order valence-corrected chi connectivity index (χ2v) is 6.90. The monoisotopic (exact) mass is 313 g/mol. The predicted octanol–water partition coefficient (Wildman–Crippen LogP) is 0.770. The molecule has 1 rings (SSSR count). The van der Waals surface area contributed by atoms with Crippen LogP contribution in [0.4, 0.5) is 0 Å². The van der Waals surface area contributed by atoms with Crippen molar-refractivity contribution in [3.63, 3.8) is 0 Å². The Balaban J connectivity index is 2.81. The van der Waals surface area contributed by atoms with Crippen molar-refractivity contribution in [2.75, 3.05) is 13.6 Å². The van der Waals surface area contributed by atoms with Crippen LogP contribution in [0.2, 0.25) is 0 Å². The fourth-order valence-corrected chi connectivity index (χ4v) is 2.77. The zero-order valence-corrected chi connectivity index (χ0v) is 13.6. The van der Waals surface area contributed by atoms with Crippen LogP contribution in [-0.2, 0) is 14.8 Å². The van der Waals surface area contributed by atoms with E-state index < -0.39 is 10.0 Å². The molecule has 0 aromatic heterocycles. The van der Waals surface area contributed by atoms with E-state index in [0.717, 1.165) is 5.56 Å². The SMILES string of the molecule is CNC(C)c1cccc(S(=O)(=O)NCC(=O)NC(C)C)c1. The minimum Gasteiger partial charge on any atom is -0.353 e. The molecule has 7 heteroatoms. The molecule has 21 heavy (non-hydrogen) atoms. The number of benzene rings is 1. The van der Waals surface area contributed by atoms with Gasteiger partial charge in [0.2, 0.25) is 15.9 Å². The molecule has 1 aromatic carbocycles. The van der Waals surface area contributed by atoms with Crippen LogP contribution >= 0.6 is 0 Å². The largest absolute Gasteiger partial charge is 0.353 e. The van der Waals surface area contributed by atoms with Gasteiger partial charge >= 0.3 is 0 Å². The van der Waals surface area contributed by atoms with Crippen molar-refractivity contribution in [1.29, 1.82) is 0 Å². The molecular formula is C14H23N3O3S. The second-order valence-electron chi connectivity index (χ2n) is 5.13. The lowest BCUT2D eigenvalue weighted by Crippen LogP contribution is -2.39. The highest BCUT2D eigenvalue weighted by Crippen LogP contribution is 2.16. The number of carbonyl (C=O) groups is 1. The van der Waals surface area contributed by atoms with Crippen LogP contribution < -0.4 is 15.4 Å². The van der Waals surface area contributed by atoms with Crippen LogP contribution in [0.5, 0.6) is 0 Å². The summed E-state index contributed by atoms with van der Waals surface area (Å²) in [5, 5.41) is 5.68. The maximum absolute atomic E-state index is 12.2. The third-order valence-corrected chi connectivity index (χ3v) is 4.37. The Bertz CT molecular complexity index is 585. The number of rotatable bonds is 7. The van der Waals surface area contributed by atoms with Crippen LogP contribution in [0.25, 0.3) is 0 Å². The summed E-state index contributed by atoms with van der Waals surface area (Å²) in [7, 11) is -1.89. The lowest BCUT2D eigenvalue weighted by Gasteiger charge is -2.13. The highest BCUT2D eigenvalue weighted by Gasteiger charge is 2.17. The van der Waals surface area contributed by atoms with E-state index in [1.807, 2.05) is 26.8 Å². The van der Waals surface area contributed by atoms with Crippen LogP contribution in [0.3, 0.4) is 0 Å². The first-order chi connectivity index (χ1) is 9.76. The van der Waals surface area contributed by atoms with Gasteiger partial charge in [-0.1, -0.05) is 12.1 Å². The molecule has 0 heterocycles. The molecule has 0 radical (unpaired) electrons. The summed E-state index contributed by atoms with van der Waals surface area (Å²) in [6, 6.07) is 6.67. The summed E-state index contributed by atoms with van der Waals surface area (Å²) in [5.74, 6) is -0.353. The minimum absolute atomic E-state index is 0.0261. The van der Waals surface area contributed by atoms with Gasteiger partial charge in [0.1, 0.15) is 0 Å². The average Bonchev–Trinajstić information content (AvgIpc) is 2.44. The Morgan fingerprint density at radius 3 is 2.48 bits per heavy atom. The van der Waals surface area contributed by atoms with Crippen molar-refractivity contribution >= 4 is 15.9 Å². The molecule has 0 aliphatic rings. The van der Waals surface area contributed by atoms with Crippen molar-refractivity contribution < 1.29 is 13.2 Å². The van der Waals surface area contributed by atoms with Crippen LogP contribution in [-0.4, -0.2) is 34.0 Å². The standard InChI is InChI=1S/C14H23N3O3S/c1-10(2)17-14(18)9-16-21(19,20)13-7-5-6-12(8-13)11(3)15-4/h5-8,10-11,15-16H,9H2,1-4H3,(H,17,18). The molecule has 1 atom stereocenters. The Labute approximate surface area is 126 Å². The number of hydrogen-bond donors (Lipinski definition) is 3. The van der Waals surface area contributed by atoms with E-state index in [1.165, 1.54) is 6.07 Å². The van der Waals surface area contributed by atoms with Gasteiger partial charge < -0.3 is 10.6 Å². The van der Waals surface area contributed by atoms with Gasteiger partial charge in [0.05, 0.1) is 11.4 Å². The fraction of sp³-hybridized carbons (Fsp3) is 0.500. The van der Waals surface area contributed by atoms with Crippen molar-refractivity contribution in [3.8, 4) is 0 Å². The lowest BCUT2D eigenvalue weighted by molar-refractivity contribution is -0.120. The number of nitrogens with one attached hydrogen (secondary N) is 3. The Morgan fingerprint density at radius 1 is 1.24 bits per heavy atom. The molecule has 3 N–H and O–H groups in total. The summed E-state index contributed by atoms with van der Waals surface area (Å²) >= 11 is 0. The normalized spacial score (nSPS) is 13.2. The van der Waals surface area contributed by atoms with Gasteiger partial charge in [-0.15, -0.1) is 0 Å². The number of carbonyl (C=O) groups excluding carboxylic acids is 1. The summed E-state index contributed by atoms with van der Waals surface area (Å²) in [6.07, 6.45) is 0. The van der Waals surface area contributed by atoms with E-state index in [1.54, 1.807) is 19.2 Å². The lowest BCUT2D eigenvalue weighted by atomic mass is 10.1. The third-order valence-electron chi connectivity index (χ3n) is 2.97. The Hall–Kier alpha value is -1.44. The van der Waals surface area contributed by atoms with Crippen LogP contribution in [0.15, 0.2) is 29.2 Å². The predicted molar refractivity (Wildman–Crippen MR) is 82.4 cm³/mol. The minimum atomic E-state index is -3.69. The molecule has 1 aromatic rings. The molecule has 118 valence electrons. The molecular weight excluding hydrogens is 290 g/mol. The Kier molecular flexibility index (Phi) is 6.32. The first kappa shape index (κ1) is 17.6. The molecule has 0 spiro atoms. The van der Waals surface area contributed by atoms with Gasteiger partial charge in [0.25, 0.3) is 0 Å². The fourth-order valence-electron chi connectivity index (χ4n) is 1.73. The smallest absolute Gasteiger partial charge is 0.241 e. The van der Waals surface area contributed by atoms with Gasteiger partial charge in [0.15, 0.2) is 0 Å². The average molecular weight is 313 g/mol. The maximum atomic E-state index is 12.2. The molecule has 0 aliphatic carbocycles. The highest BCUT2D eigenvalue weighted by molar-refractivity contribution is 7.89. The van der Waals surface area contributed by atoms with E-state index >= 15 is 0 Å². The highest BCUT2D eigenvalue weighted by atomic mass is 32.2. The van der Waals surface area contributed by atoms with E-state index in [-0.39, 0.29) is 29.4 Å². The molecule has 0 fully saturated rings. The number of amides is 1. The van der Waals surface area contributed by atoms with Crippen molar-refractivity contribution in [1.82, 2.24) is 15.4 Å². The van der Waals surface area contributed by atoms with E-state index in [9.17, 15) is 13.2 Å². The van der Waals surface area contributed by atoms with Crippen molar-refractivity contribution in [2.45, 2.75) is 37.8 Å². The third kappa shape index (κ3) is 5.45. The molecule has 0 saturated heterocycles. The molecule has 0 saturated carbocycles. The van der Waals surface area contributed by atoms with E-state index in [4.69, 9.17) is 0 Å². The zero-order chi connectivity index (χ0) is 16.0. The van der Waals surface area contributed by atoms with Crippen LogP contribution in [0, 0.1) is 0 Å². The maximum Gasteiger partial charge on any atom is 0.241 e. The summed E-state index contributed by atoms with van der Waals surface area (Å²) in [4.78, 5) is 11.7. The molecule has 6 nitrogen and oxygen atoms in total. The summed E-state index contributed by atoms with van der Waals surface area (Å²) in [5.41, 5.74) is 0.868. The molecule has 1 amide bonds. The van der Waals surface area contributed by atoms with Gasteiger partial charge in [-0.3, -0.25) is 4.79 Å². The second kappa shape index (κ2) is 7.53. The molecule has 0 bridgehead atoms. The van der Waals surface area contributed by atoms with Crippen molar-refractivity contribution in [3.05, 3.63) is 29.8 Å².